The van der Waals surface area contributed by atoms with Gasteiger partial charge in [0.1, 0.15) is 10.8 Å². The van der Waals surface area contributed by atoms with Crippen LogP contribution >= 0.6 is 23.4 Å². The minimum Gasteiger partial charge on any atom is -0.496 e. The van der Waals surface area contributed by atoms with Crippen molar-refractivity contribution in [2.45, 2.75) is 11.4 Å². The van der Waals surface area contributed by atoms with Gasteiger partial charge in [0.2, 0.25) is 0 Å². The third-order valence-electron chi connectivity index (χ3n) is 3.06. The molecule has 0 radical (unpaired) electrons. The summed E-state index contributed by atoms with van der Waals surface area (Å²) in [4.78, 5) is 14.4. The summed E-state index contributed by atoms with van der Waals surface area (Å²) in [5, 5.41) is 6.22. The maximum Gasteiger partial charge on any atom is 0.285 e. The van der Waals surface area contributed by atoms with Gasteiger partial charge in [0.05, 0.1) is 19.0 Å². The number of anilines is 1. The van der Waals surface area contributed by atoms with Gasteiger partial charge in [-0.2, -0.15) is 5.10 Å². The van der Waals surface area contributed by atoms with Gasteiger partial charge in [-0.1, -0.05) is 17.7 Å². The highest BCUT2D eigenvalue weighted by Gasteiger charge is 2.11. The number of aromatic amines is 1. The van der Waals surface area contributed by atoms with Crippen LogP contribution in [0.3, 0.4) is 0 Å². The van der Waals surface area contributed by atoms with Gasteiger partial charge >= 0.3 is 0 Å². The number of aromatic nitrogens is 2. The Bertz CT molecular complexity index is 690. The number of hydrogen-bond donors (Lipinski definition) is 1. The van der Waals surface area contributed by atoms with E-state index in [-0.39, 0.29) is 5.02 Å². The van der Waals surface area contributed by atoms with Crippen molar-refractivity contribution >= 4 is 29.1 Å². The molecular formula is C14H16ClN3O2S. The van der Waals surface area contributed by atoms with Crippen LogP contribution in [-0.4, -0.2) is 30.6 Å². The monoisotopic (exact) mass is 325 g/mol. The number of methoxy groups -OCH3 is 1. The van der Waals surface area contributed by atoms with E-state index < -0.39 is 5.56 Å². The SMILES string of the molecule is COc1cc(CN(C)c2cn[nH]c(=O)c2Cl)ccc1SC. The van der Waals surface area contributed by atoms with E-state index in [4.69, 9.17) is 16.3 Å². The quantitative estimate of drug-likeness (QED) is 0.857. The van der Waals surface area contributed by atoms with Crippen molar-refractivity contribution in [3.63, 3.8) is 0 Å². The van der Waals surface area contributed by atoms with E-state index in [9.17, 15) is 4.79 Å². The summed E-state index contributed by atoms with van der Waals surface area (Å²) in [6, 6.07) is 6.03. The van der Waals surface area contributed by atoms with Gasteiger partial charge in [-0.15, -0.1) is 11.8 Å². The van der Waals surface area contributed by atoms with Crippen LogP contribution in [0.25, 0.3) is 0 Å². The largest absolute Gasteiger partial charge is 0.496 e. The van der Waals surface area contributed by atoms with Gasteiger partial charge < -0.3 is 9.64 Å². The zero-order valence-corrected chi connectivity index (χ0v) is 13.6. The first-order chi connectivity index (χ1) is 10.1. The van der Waals surface area contributed by atoms with Crippen molar-refractivity contribution in [1.82, 2.24) is 10.2 Å². The smallest absolute Gasteiger partial charge is 0.285 e. The average Bonchev–Trinajstić information content (AvgIpc) is 2.49. The second-order valence-corrected chi connectivity index (χ2v) is 5.67. The van der Waals surface area contributed by atoms with Gasteiger partial charge in [-0.05, 0) is 24.0 Å². The Morgan fingerprint density at radius 3 is 2.90 bits per heavy atom. The number of nitrogens with one attached hydrogen (secondary N) is 1. The Hall–Kier alpha value is -1.66. The molecule has 0 bridgehead atoms. The molecule has 1 aromatic carbocycles. The Labute approximate surface area is 132 Å². The fourth-order valence-corrected chi connectivity index (χ4v) is 2.76. The number of ether oxygens (including phenoxy) is 1. The highest BCUT2D eigenvalue weighted by Crippen LogP contribution is 2.29. The molecule has 0 spiro atoms. The molecule has 0 amide bonds. The van der Waals surface area contributed by atoms with Crippen LogP contribution in [0, 0.1) is 0 Å². The topological polar surface area (TPSA) is 58.2 Å². The van der Waals surface area contributed by atoms with Crippen LogP contribution in [0.2, 0.25) is 5.02 Å². The highest BCUT2D eigenvalue weighted by atomic mass is 35.5. The lowest BCUT2D eigenvalue weighted by molar-refractivity contribution is 0.404. The van der Waals surface area contributed by atoms with Crippen LogP contribution in [0.5, 0.6) is 5.75 Å². The molecule has 0 aliphatic carbocycles. The predicted octanol–water partition coefficient (Wildman–Crippen LogP) is 2.79. The summed E-state index contributed by atoms with van der Waals surface area (Å²) in [5.74, 6) is 0.837. The summed E-state index contributed by atoms with van der Waals surface area (Å²) in [5.41, 5.74) is 1.26. The standard InChI is InChI=1S/C14H16ClN3O2S/c1-18(10-7-16-17-14(19)13(10)15)8-9-4-5-12(21-3)11(6-9)20-2/h4-7H,8H2,1-3H3,(H,17,19). The van der Waals surface area contributed by atoms with Crippen LogP contribution in [0.1, 0.15) is 5.56 Å². The lowest BCUT2D eigenvalue weighted by atomic mass is 10.2. The van der Waals surface area contributed by atoms with Gasteiger partial charge in [-0.3, -0.25) is 4.79 Å². The predicted molar refractivity (Wildman–Crippen MR) is 86.7 cm³/mol. The van der Waals surface area contributed by atoms with E-state index in [0.717, 1.165) is 16.2 Å². The van der Waals surface area contributed by atoms with Crippen molar-refractivity contribution in [3.8, 4) is 5.75 Å². The number of hydrogen-bond acceptors (Lipinski definition) is 5. The zero-order valence-electron chi connectivity index (χ0n) is 12.0. The first-order valence-corrected chi connectivity index (χ1v) is 7.82. The Balaban J connectivity index is 2.25. The van der Waals surface area contributed by atoms with Crippen molar-refractivity contribution in [2.75, 3.05) is 25.3 Å². The van der Waals surface area contributed by atoms with E-state index in [1.54, 1.807) is 18.9 Å². The molecule has 21 heavy (non-hydrogen) atoms. The van der Waals surface area contributed by atoms with Crippen LogP contribution < -0.4 is 15.2 Å². The van der Waals surface area contributed by atoms with Gasteiger partial charge in [0.25, 0.3) is 5.56 Å². The van der Waals surface area contributed by atoms with Gasteiger partial charge in [0.15, 0.2) is 0 Å². The number of thioether (sulfide) groups is 1. The molecule has 0 aliphatic heterocycles. The Kier molecular flexibility index (Phi) is 5.14. The normalized spacial score (nSPS) is 10.5. The minimum atomic E-state index is -0.392. The second kappa shape index (κ2) is 6.87. The maximum absolute atomic E-state index is 11.5. The minimum absolute atomic E-state index is 0.139. The molecule has 7 heteroatoms. The van der Waals surface area contributed by atoms with Gasteiger partial charge in [0, 0.05) is 18.5 Å². The molecule has 1 heterocycles. The molecule has 5 nitrogen and oxygen atoms in total. The first kappa shape index (κ1) is 15.7. The van der Waals surface area contributed by atoms with Gasteiger partial charge in [-0.25, -0.2) is 5.10 Å². The van der Waals surface area contributed by atoms with Crippen LogP contribution in [0.15, 0.2) is 34.1 Å². The molecule has 1 N–H and O–H groups in total. The molecule has 0 fully saturated rings. The molecule has 2 rings (SSSR count). The number of rotatable bonds is 5. The van der Waals surface area contributed by atoms with E-state index in [1.165, 1.54) is 6.20 Å². The molecule has 1 aromatic heterocycles. The molecule has 2 aromatic rings. The van der Waals surface area contributed by atoms with E-state index in [2.05, 4.69) is 10.2 Å². The first-order valence-electron chi connectivity index (χ1n) is 6.22. The zero-order chi connectivity index (χ0) is 15.4. The number of nitrogens with zero attached hydrogens (tertiary/aromatic N) is 2. The molecular weight excluding hydrogens is 310 g/mol. The van der Waals surface area contributed by atoms with Crippen molar-refractivity contribution in [3.05, 3.63) is 45.3 Å². The molecule has 0 aliphatic rings. The molecule has 0 atom stereocenters. The fourth-order valence-electron chi connectivity index (χ4n) is 1.98. The fraction of sp³-hybridized carbons (Fsp3) is 0.286. The van der Waals surface area contributed by atoms with E-state index in [0.29, 0.717) is 12.2 Å². The molecule has 0 saturated heterocycles. The Morgan fingerprint density at radius 2 is 2.24 bits per heavy atom. The second-order valence-electron chi connectivity index (χ2n) is 4.44. The summed E-state index contributed by atoms with van der Waals surface area (Å²) >= 11 is 7.64. The van der Waals surface area contributed by atoms with Crippen molar-refractivity contribution < 1.29 is 4.74 Å². The maximum atomic E-state index is 11.5. The van der Waals surface area contributed by atoms with Crippen LogP contribution in [0.4, 0.5) is 5.69 Å². The van der Waals surface area contributed by atoms with E-state index in [1.807, 2.05) is 36.4 Å². The molecule has 0 unspecified atom stereocenters. The third-order valence-corrected chi connectivity index (χ3v) is 4.20. The lowest BCUT2D eigenvalue weighted by Crippen LogP contribution is -2.21. The number of H-pyrrole nitrogens is 1. The summed E-state index contributed by atoms with van der Waals surface area (Å²) in [6.45, 7) is 0.593. The summed E-state index contributed by atoms with van der Waals surface area (Å²) in [6.07, 6.45) is 3.54. The lowest BCUT2D eigenvalue weighted by Gasteiger charge is -2.20. The van der Waals surface area contributed by atoms with Crippen LogP contribution in [-0.2, 0) is 6.54 Å². The summed E-state index contributed by atoms with van der Waals surface area (Å²) < 4.78 is 5.37. The third kappa shape index (κ3) is 3.51. The van der Waals surface area contributed by atoms with E-state index >= 15 is 0 Å². The Morgan fingerprint density at radius 1 is 1.48 bits per heavy atom. The highest BCUT2D eigenvalue weighted by molar-refractivity contribution is 7.98. The molecule has 0 saturated carbocycles. The van der Waals surface area contributed by atoms with Crippen molar-refractivity contribution in [1.29, 1.82) is 0 Å². The molecule has 112 valence electrons. The van der Waals surface area contributed by atoms with Crippen molar-refractivity contribution in [2.24, 2.45) is 0 Å². The average molecular weight is 326 g/mol. The number of benzene rings is 1. The number of halogens is 1. The summed E-state index contributed by atoms with van der Waals surface area (Å²) in [7, 11) is 3.51.